The number of aromatic amines is 1. The van der Waals surface area contributed by atoms with E-state index in [0.717, 1.165) is 18.5 Å². The maximum atomic E-state index is 12.5. The van der Waals surface area contributed by atoms with Crippen molar-refractivity contribution in [3.05, 3.63) is 29.3 Å². The highest BCUT2D eigenvalue weighted by atomic mass is 16.4. The lowest BCUT2D eigenvalue weighted by Gasteiger charge is -2.31. The Morgan fingerprint density at radius 2 is 2.26 bits per heavy atom. The number of carboxylic acid groups (broad SMARTS) is 1. The van der Waals surface area contributed by atoms with Crippen LogP contribution in [0.3, 0.4) is 0 Å². The van der Waals surface area contributed by atoms with E-state index in [1.165, 1.54) is 4.68 Å². The number of aryl methyl sites for hydroxylation is 1. The average Bonchev–Trinajstić information content (AvgIpc) is 3.15. The van der Waals surface area contributed by atoms with Gasteiger partial charge in [0.2, 0.25) is 0 Å². The van der Waals surface area contributed by atoms with Gasteiger partial charge in [-0.05, 0) is 25.8 Å². The lowest BCUT2D eigenvalue weighted by atomic mass is 9.94. The Morgan fingerprint density at radius 3 is 2.96 bits per heavy atom. The Labute approximate surface area is 132 Å². The zero-order valence-corrected chi connectivity index (χ0v) is 12.8. The number of nitrogens with zero attached hydrogens (tertiary/aromatic N) is 5. The number of hydrogen-bond acceptors (Lipinski definition) is 5. The second-order valence-corrected chi connectivity index (χ2v) is 5.68. The van der Waals surface area contributed by atoms with E-state index in [2.05, 4.69) is 20.5 Å². The number of nitrogens with one attached hydrogen (secondary N) is 1. The molecule has 0 aromatic carbocycles. The Morgan fingerprint density at radius 1 is 1.43 bits per heavy atom. The number of aromatic nitrogens is 5. The Bertz CT molecular complexity index is 722. The van der Waals surface area contributed by atoms with Crippen LogP contribution < -0.4 is 0 Å². The molecule has 0 spiro atoms. The molecule has 1 aliphatic rings. The van der Waals surface area contributed by atoms with Gasteiger partial charge in [-0.2, -0.15) is 20.5 Å². The highest BCUT2D eigenvalue weighted by Crippen LogP contribution is 2.26. The van der Waals surface area contributed by atoms with Crippen LogP contribution in [0.2, 0.25) is 0 Å². The van der Waals surface area contributed by atoms with Crippen molar-refractivity contribution in [1.82, 2.24) is 30.1 Å². The number of likely N-dealkylation sites (tertiary alicyclic amines) is 1. The molecule has 0 bridgehead atoms. The fraction of sp³-hybridized carbons (Fsp3) is 0.500. The maximum absolute atomic E-state index is 12.5. The maximum Gasteiger partial charge on any atom is 0.325 e. The van der Waals surface area contributed by atoms with Crippen molar-refractivity contribution in [1.29, 1.82) is 0 Å². The molecule has 0 radical (unpaired) electrons. The molecule has 9 heteroatoms. The second-order valence-electron chi connectivity index (χ2n) is 5.68. The summed E-state index contributed by atoms with van der Waals surface area (Å²) in [4.78, 5) is 25.0. The van der Waals surface area contributed by atoms with Crippen LogP contribution in [0.5, 0.6) is 0 Å². The molecule has 1 atom stereocenters. The van der Waals surface area contributed by atoms with Gasteiger partial charge in [0, 0.05) is 25.2 Å². The summed E-state index contributed by atoms with van der Waals surface area (Å²) >= 11 is 0. The molecule has 23 heavy (non-hydrogen) atoms. The first-order valence-corrected chi connectivity index (χ1v) is 7.46. The van der Waals surface area contributed by atoms with Gasteiger partial charge < -0.3 is 10.0 Å². The molecule has 122 valence electrons. The van der Waals surface area contributed by atoms with Crippen molar-refractivity contribution in [3.63, 3.8) is 0 Å². The molecule has 0 unspecified atom stereocenters. The number of amides is 1. The highest BCUT2D eigenvalue weighted by molar-refractivity contribution is 5.93. The first kappa shape index (κ1) is 15.2. The van der Waals surface area contributed by atoms with Crippen LogP contribution in [0.1, 0.15) is 40.6 Å². The fourth-order valence-electron chi connectivity index (χ4n) is 2.86. The summed E-state index contributed by atoms with van der Waals surface area (Å²) in [5, 5.41) is 23.4. The third-order valence-electron chi connectivity index (χ3n) is 4.01. The van der Waals surface area contributed by atoms with Crippen molar-refractivity contribution >= 4 is 11.9 Å². The van der Waals surface area contributed by atoms with E-state index in [1.807, 2.05) is 6.07 Å². The molecule has 1 aliphatic heterocycles. The SMILES string of the molecule is Cc1n[nH]nc1C(=O)N1CCC[C@H](c2ccn(CC(=O)O)n2)C1. The smallest absolute Gasteiger partial charge is 0.325 e. The summed E-state index contributed by atoms with van der Waals surface area (Å²) in [5.41, 5.74) is 1.76. The molecule has 1 saturated heterocycles. The van der Waals surface area contributed by atoms with Gasteiger partial charge in [0.25, 0.3) is 5.91 Å². The Hall–Kier alpha value is -2.71. The van der Waals surface area contributed by atoms with Crippen LogP contribution in [0.15, 0.2) is 12.3 Å². The first-order valence-electron chi connectivity index (χ1n) is 7.46. The average molecular weight is 318 g/mol. The molecular formula is C14H18N6O3. The van der Waals surface area contributed by atoms with Crippen LogP contribution in [-0.4, -0.2) is 60.2 Å². The monoisotopic (exact) mass is 318 g/mol. The zero-order chi connectivity index (χ0) is 16.4. The third-order valence-corrected chi connectivity index (χ3v) is 4.01. The summed E-state index contributed by atoms with van der Waals surface area (Å²) in [6.07, 6.45) is 3.46. The normalized spacial score (nSPS) is 18.1. The van der Waals surface area contributed by atoms with Crippen LogP contribution in [0.4, 0.5) is 0 Å². The number of piperidine rings is 1. The lowest BCUT2D eigenvalue weighted by molar-refractivity contribution is -0.137. The minimum Gasteiger partial charge on any atom is -0.480 e. The van der Waals surface area contributed by atoms with E-state index in [-0.39, 0.29) is 18.4 Å². The summed E-state index contributed by atoms with van der Waals surface area (Å²) in [7, 11) is 0. The second kappa shape index (κ2) is 6.19. The summed E-state index contributed by atoms with van der Waals surface area (Å²) < 4.78 is 1.40. The predicted molar refractivity (Wildman–Crippen MR) is 78.9 cm³/mol. The molecule has 2 N–H and O–H groups in total. The molecule has 3 heterocycles. The third kappa shape index (κ3) is 3.22. The van der Waals surface area contributed by atoms with Crippen LogP contribution in [0, 0.1) is 6.92 Å². The van der Waals surface area contributed by atoms with Gasteiger partial charge in [0.15, 0.2) is 5.69 Å². The molecule has 1 fully saturated rings. The van der Waals surface area contributed by atoms with Crippen LogP contribution in [-0.2, 0) is 11.3 Å². The highest BCUT2D eigenvalue weighted by Gasteiger charge is 2.28. The van der Waals surface area contributed by atoms with Gasteiger partial charge in [0.05, 0.1) is 11.4 Å². The van der Waals surface area contributed by atoms with E-state index in [9.17, 15) is 9.59 Å². The number of carboxylic acids is 1. The number of rotatable bonds is 4. The number of carbonyl (C=O) groups is 2. The van der Waals surface area contributed by atoms with E-state index in [1.54, 1.807) is 18.0 Å². The van der Waals surface area contributed by atoms with Crippen molar-refractivity contribution in [2.45, 2.75) is 32.2 Å². The number of H-pyrrole nitrogens is 1. The van der Waals surface area contributed by atoms with Gasteiger partial charge >= 0.3 is 5.97 Å². The van der Waals surface area contributed by atoms with Crippen LogP contribution in [0.25, 0.3) is 0 Å². The molecule has 3 rings (SSSR count). The zero-order valence-electron chi connectivity index (χ0n) is 12.8. The minimum atomic E-state index is -0.929. The largest absolute Gasteiger partial charge is 0.480 e. The van der Waals surface area contributed by atoms with Crippen molar-refractivity contribution < 1.29 is 14.7 Å². The molecule has 0 saturated carbocycles. The van der Waals surface area contributed by atoms with Gasteiger partial charge in [0.1, 0.15) is 6.54 Å². The first-order chi connectivity index (χ1) is 11.0. The van der Waals surface area contributed by atoms with Gasteiger partial charge in [-0.3, -0.25) is 14.3 Å². The minimum absolute atomic E-state index is 0.106. The number of aliphatic carboxylic acids is 1. The molecule has 2 aromatic rings. The van der Waals surface area contributed by atoms with E-state index >= 15 is 0 Å². The standard InChI is InChI=1S/C14H18N6O3/c1-9-13(16-18-15-9)14(23)19-5-2-3-10(7-19)11-4-6-20(17-11)8-12(21)22/h4,6,10H,2-3,5,7-8H2,1H3,(H,21,22)(H,15,16,18)/t10-/m0/s1. The van der Waals surface area contributed by atoms with E-state index < -0.39 is 5.97 Å². The summed E-state index contributed by atoms with van der Waals surface area (Å²) in [6.45, 7) is 2.81. The molecular weight excluding hydrogens is 300 g/mol. The van der Waals surface area contributed by atoms with Gasteiger partial charge in [-0.15, -0.1) is 0 Å². The lowest BCUT2D eigenvalue weighted by Crippen LogP contribution is -2.39. The summed E-state index contributed by atoms with van der Waals surface area (Å²) in [6, 6.07) is 1.82. The molecule has 2 aromatic heterocycles. The predicted octanol–water partition coefficient (Wildman–Crippen LogP) is 0.414. The van der Waals surface area contributed by atoms with Gasteiger partial charge in [-0.1, -0.05) is 0 Å². The summed E-state index contributed by atoms with van der Waals surface area (Å²) in [5.74, 6) is -0.956. The Balaban J connectivity index is 1.71. The van der Waals surface area contributed by atoms with E-state index in [0.29, 0.717) is 24.5 Å². The molecule has 9 nitrogen and oxygen atoms in total. The van der Waals surface area contributed by atoms with E-state index in [4.69, 9.17) is 5.11 Å². The molecule has 0 aliphatic carbocycles. The quantitative estimate of drug-likeness (QED) is 0.843. The topological polar surface area (TPSA) is 117 Å². The van der Waals surface area contributed by atoms with Crippen molar-refractivity contribution in [3.8, 4) is 0 Å². The molecule has 1 amide bonds. The Kier molecular flexibility index (Phi) is 4.09. The fourth-order valence-corrected chi connectivity index (χ4v) is 2.86. The van der Waals surface area contributed by atoms with Crippen molar-refractivity contribution in [2.75, 3.05) is 13.1 Å². The van der Waals surface area contributed by atoms with Crippen molar-refractivity contribution in [2.24, 2.45) is 0 Å². The number of hydrogen-bond donors (Lipinski definition) is 2. The number of carbonyl (C=O) groups excluding carboxylic acids is 1. The van der Waals surface area contributed by atoms with Gasteiger partial charge in [-0.25, -0.2) is 0 Å². The van der Waals surface area contributed by atoms with Crippen LogP contribution >= 0.6 is 0 Å².